The van der Waals surface area contributed by atoms with Crippen molar-refractivity contribution >= 4 is 0 Å². The molecule has 0 spiro atoms. The molecule has 0 radical (unpaired) electrons. The zero-order valence-corrected chi connectivity index (χ0v) is 13.3. The minimum Gasteiger partial charge on any atom is -0.375 e. The van der Waals surface area contributed by atoms with Crippen LogP contribution in [0.2, 0.25) is 0 Å². The second-order valence-corrected chi connectivity index (χ2v) is 5.46. The monoisotopic (exact) mass is 293 g/mol. The first-order chi connectivity index (χ1) is 9.70. The molecule has 2 nitrogen and oxygen atoms in total. The Kier molecular flexibility index (Phi) is 15.0. The van der Waals surface area contributed by atoms with E-state index in [0.717, 1.165) is 25.8 Å². The van der Waals surface area contributed by atoms with E-state index >= 15 is 0 Å². The number of unbranched alkanes of at least 4 members (excludes halogenated alkanes) is 5. The summed E-state index contributed by atoms with van der Waals surface area (Å²) >= 11 is 0. The highest BCUT2D eigenvalue weighted by Gasteiger charge is 2.08. The molecule has 0 fully saturated rings. The molecule has 20 heavy (non-hydrogen) atoms. The van der Waals surface area contributed by atoms with Crippen molar-refractivity contribution in [3.05, 3.63) is 0 Å². The molecule has 0 aliphatic rings. The molecule has 1 N–H and O–H groups in total. The van der Waals surface area contributed by atoms with Crippen LogP contribution in [0.25, 0.3) is 0 Å². The van der Waals surface area contributed by atoms with Crippen LogP contribution in [0.15, 0.2) is 0 Å². The van der Waals surface area contributed by atoms with Gasteiger partial charge in [-0.1, -0.05) is 52.4 Å². The van der Waals surface area contributed by atoms with E-state index in [1.807, 2.05) is 0 Å². The van der Waals surface area contributed by atoms with Gasteiger partial charge in [-0.25, -0.2) is 8.78 Å². The molecule has 1 atom stereocenters. The first-order valence-corrected chi connectivity index (χ1v) is 8.29. The SMILES string of the molecule is CCCCCCCCC(CCOCC(F)F)NCCC. The Balaban J connectivity index is 3.61. The molecule has 4 heteroatoms. The topological polar surface area (TPSA) is 21.3 Å². The average Bonchev–Trinajstić information content (AvgIpc) is 2.43. The van der Waals surface area contributed by atoms with Gasteiger partial charge in [0.05, 0.1) is 0 Å². The highest BCUT2D eigenvalue weighted by Crippen LogP contribution is 2.10. The number of halogens is 2. The first kappa shape index (κ1) is 19.8. The van der Waals surface area contributed by atoms with Crippen LogP contribution in [0, 0.1) is 0 Å². The lowest BCUT2D eigenvalue weighted by Crippen LogP contribution is -2.31. The Morgan fingerprint density at radius 2 is 1.60 bits per heavy atom. The number of nitrogens with one attached hydrogen (secondary N) is 1. The van der Waals surface area contributed by atoms with E-state index in [1.165, 1.54) is 38.5 Å². The van der Waals surface area contributed by atoms with Crippen LogP contribution in [0.5, 0.6) is 0 Å². The van der Waals surface area contributed by atoms with Gasteiger partial charge in [0.1, 0.15) is 6.61 Å². The summed E-state index contributed by atoms with van der Waals surface area (Å²) in [6.45, 7) is 5.36. The van der Waals surface area contributed by atoms with Gasteiger partial charge in [-0.2, -0.15) is 0 Å². The molecule has 0 saturated carbocycles. The summed E-state index contributed by atoms with van der Waals surface area (Å²) in [6.07, 6.45) is 8.48. The lowest BCUT2D eigenvalue weighted by atomic mass is 10.0. The fourth-order valence-electron chi connectivity index (χ4n) is 2.27. The van der Waals surface area contributed by atoms with Gasteiger partial charge in [-0.3, -0.25) is 0 Å². The van der Waals surface area contributed by atoms with Gasteiger partial charge >= 0.3 is 0 Å². The highest BCUT2D eigenvalue weighted by molar-refractivity contribution is 4.66. The molecule has 0 heterocycles. The van der Waals surface area contributed by atoms with E-state index in [0.29, 0.717) is 12.6 Å². The number of ether oxygens (including phenoxy) is 1. The second kappa shape index (κ2) is 15.2. The maximum Gasteiger partial charge on any atom is 0.261 e. The summed E-state index contributed by atoms with van der Waals surface area (Å²) in [4.78, 5) is 0. The Labute approximate surface area is 123 Å². The van der Waals surface area contributed by atoms with Crippen molar-refractivity contribution in [2.45, 2.75) is 84.1 Å². The van der Waals surface area contributed by atoms with Crippen LogP contribution in [-0.4, -0.2) is 32.2 Å². The molecule has 0 amide bonds. The number of hydrogen-bond donors (Lipinski definition) is 1. The molecule has 0 aromatic carbocycles. The van der Waals surface area contributed by atoms with E-state index in [2.05, 4.69) is 19.2 Å². The first-order valence-electron chi connectivity index (χ1n) is 8.29. The molecule has 0 aromatic rings. The van der Waals surface area contributed by atoms with E-state index < -0.39 is 13.0 Å². The Morgan fingerprint density at radius 1 is 0.900 bits per heavy atom. The quantitative estimate of drug-likeness (QED) is 0.439. The largest absolute Gasteiger partial charge is 0.375 e. The number of alkyl halides is 2. The predicted molar refractivity (Wildman–Crippen MR) is 81.5 cm³/mol. The molecule has 1 unspecified atom stereocenters. The third-order valence-corrected chi connectivity index (χ3v) is 3.44. The third-order valence-electron chi connectivity index (χ3n) is 3.44. The van der Waals surface area contributed by atoms with Crippen LogP contribution < -0.4 is 5.32 Å². The second-order valence-electron chi connectivity index (χ2n) is 5.46. The molecule has 122 valence electrons. The maximum absolute atomic E-state index is 12.0. The van der Waals surface area contributed by atoms with Gasteiger partial charge in [0.15, 0.2) is 0 Å². The van der Waals surface area contributed by atoms with Crippen molar-refractivity contribution in [1.29, 1.82) is 0 Å². The van der Waals surface area contributed by atoms with Crippen LogP contribution in [0.1, 0.15) is 71.6 Å². The van der Waals surface area contributed by atoms with Crippen molar-refractivity contribution in [1.82, 2.24) is 5.32 Å². The lowest BCUT2D eigenvalue weighted by molar-refractivity contribution is 0.0141. The standard InChI is InChI=1S/C16H33F2NO/c1-3-5-6-7-8-9-10-15(19-12-4-2)11-13-20-14-16(17)18/h15-16,19H,3-14H2,1-2H3. The van der Waals surface area contributed by atoms with Crippen LogP contribution >= 0.6 is 0 Å². The lowest BCUT2D eigenvalue weighted by Gasteiger charge is -2.18. The van der Waals surface area contributed by atoms with Crippen LogP contribution in [0.4, 0.5) is 8.78 Å². The van der Waals surface area contributed by atoms with Gasteiger partial charge in [0, 0.05) is 12.6 Å². The number of rotatable bonds is 15. The summed E-state index contributed by atoms with van der Waals surface area (Å²) in [5.41, 5.74) is 0. The molecule has 0 rings (SSSR count). The van der Waals surface area contributed by atoms with Crippen molar-refractivity contribution < 1.29 is 13.5 Å². The fraction of sp³-hybridized carbons (Fsp3) is 1.00. The summed E-state index contributed by atoms with van der Waals surface area (Å²) in [5, 5.41) is 3.49. The van der Waals surface area contributed by atoms with E-state index in [4.69, 9.17) is 4.74 Å². The van der Waals surface area contributed by atoms with Crippen LogP contribution in [0.3, 0.4) is 0 Å². The smallest absolute Gasteiger partial charge is 0.261 e. The summed E-state index contributed by atoms with van der Waals surface area (Å²) in [6, 6.07) is 0.416. The van der Waals surface area contributed by atoms with Gasteiger partial charge in [-0.15, -0.1) is 0 Å². The van der Waals surface area contributed by atoms with Crippen molar-refractivity contribution in [2.75, 3.05) is 19.8 Å². The minimum atomic E-state index is -2.35. The zero-order chi connectivity index (χ0) is 15.1. The summed E-state index contributed by atoms with van der Waals surface area (Å²) < 4.78 is 28.9. The van der Waals surface area contributed by atoms with E-state index in [9.17, 15) is 8.78 Å². The molecular weight excluding hydrogens is 260 g/mol. The average molecular weight is 293 g/mol. The normalized spacial score (nSPS) is 13.1. The zero-order valence-electron chi connectivity index (χ0n) is 13.3. The maximum atomic E-state index is 12.0. The van der Waals surface area contributed by atoms with Gasteiger partial charge in [-0.05, 0) is 25.8 Å². The van der Waals surface area contributed by atoms with E-state index in [1.54, 1.807) is 0 Å². The molecule has 0 aromatic heterocycles. The van der Waals surface area contributed by atoms with Crippen molar-refractivity contribution in [2.24, 2.45) is 0 Å². The molecule has 0 bridgehead atoms. The molecule has 0 aliphatic heterocycles. The Morgan fingerprint density at radius 3 is 2.25 bits per heavy atom. The number of hydrogen-bond acceptors (Lipinski definition) is 2. The molecule has 0 aliphatic carbocycles. The Bertz CT molecular complexity index is 191. The summed E-state index contributed by atoms with van der Waals surface area (Å²) in [7, 11) is 0. The highest BCUT2D eigenvalue weighted by atomic mass is 19.3. The minimum absolute atomic E-state index is 0.416. The van der Waals surface area contributed by atoms with Gasteiger partial charge < -0.3 is 10.1 Å². The molecule has 0 saturated heterocycles. The fourth-order valence-corrected chi connectivity index (χ4v) is 2.27. The Hall–Kier alpha value is -0.220. The van der Waals surface area contributed by atoms with Gasteiger partial charge in [0.25, 0.3) is 6.43 Å². The van der Waals surface area contributed by atoms with E-state index in [-0.39, 0.29) is 0 Å². The summed E-state index contributed by atoms with van der Waals surface area (Å²) in [5.74, 6) is 0. The van der Waals surface area contributed by atoms with Crippen LogP contribution in [-0.2, 0) is 4.74 Å². The molecular formula is C16H33F2NO. The third kappa shape index (κ3) is 14.2. The van der Waals surface area contributed by atoms with Crippen molar-refractivity contribution in [3.8, 4) is 0 Å². The van der Waals surface area contributed by atoms with Gasteiger partial charge in [0.2, 0.25) is 0 Å². The van der Waals surface area contributed by atoms with Crippen molar-refractivity contribution in [3.63, 3.8) is 0 Å². The predicted octanol–water partition coefficient (Wildman–Crippen LogP) is 4.78.